The minimum atomic E-state index is 0.467. The molecule has 0 spiro atoms. The topological polar surface area (TPSA) is 30.9 Å². The SMILES string of the molecule is CC(C)CCCCOCCOCCOCCN1CCC(CC(C)(C)C)CC1. The van der Waals surface area contributed by atoms with Gasteiger partial charge in [0.2, 0.25) is 0 Å². The van der Waals surface area contributed by atoms with Crippen LogP contribution in [0.1, 0.15) is 73.1 Å². The van der Waals surface area contributed by atoms with Gasteiger partial charge in [-0.3, -0.25) is 0 Å². The van der Waals surface area contributed by atoms with Gasteiger partial charge in [-0.25, -0.2) is 0 Å². The molecule has 0 bridgehead atoms. The summed E-state index contributed by atoms with van der Waals surface area (Å²) in [6.07, 6.45) is 7.77. The molecule has 0 unspecified atom stereocenters. The predicted octanol–water partition coefficient (Wildman–Crippen LogP) is 5.01. The summed E-state index contributed by atoms with van der Waals surface area (Å²) < 4.78 is 16.9. The van der Waals surface area contributed by atoms with E-state index in [2.05, 4.69) is 39.5 Å². The molecule has 162 valence electrons. The standard InChI is InChI=1S/C23H47NO3/c1-21(2)8-6-7-14-25-16-18-27-19-17-26-15-13-24-11-9-22(10-12-24)20-23(3,4)5/h21-22H,6-20H2,1-5H3. The molecule has 4 nitrogen and oxygen atoms in total. The minimum absolute atomic E-state index is 0.467. The van der Waals surface area contributed by atoms with E-state index in [1.165, 1.54) is 45.2 Å². The summed E-state index contributed by atoms with van der Waals surface area (Å²) in [4.78, 5) is 2.55. The van der Waals surface area contributed by atoms with Crippen LogP contribution >= 0.6 is 0 Å². The van der Waals surface area contributed by atoms with Crippen molar-refractivity contribution >= 4 is 0 Å². The number of piperidine rings is 1. The Labute approximate surface area is 169 Å². The van der Waals surface area contributed by atoms with E-state index in [-0.39, 0.29) is 0 Å². The maximum Gasteiger partial charge on any atom is 0.0701 e. The van der Waals surface area contributed by atoms with Gasteiger partial charge in [0.05, 0.1) is 33.0 Å². The molecule has 4 heteroatoms. The first-order valence-corrected chi connectivity index (χ1v) is 11.3. The third-order valence-electron chi connectivity index (χ3n) is 5.22. The average Bonchev–Trinajstić information content (AvgIpc) is 2.59. The molecular weight excluding hydrogens is 338 g/mol. The monoisotopic (exact) mass is 385 g/mol. The predicted molar refractivity (Wildman–Crippen MR) is 114 cm³/mol. The van der Waals surface area contributed by atoms with Gasteiger partial charge in [-0.15, -0.1) is 0 Å². The molecule has 0 aromatic rings. The van der Waals surface area contributed by atoms with E-state index < -0.39 is 0 Å². The van der Waals surface area contributed by atoms with Crippen LogP contribution < -0.4 is 0 Å². The zero-order valence-electron chi connectivity index (χ0n) is 18.9. The summed E-state index contributed by atoms with van der Waals surface area (Å²) in [5, 5.41) is 0. The van der Waals surface area contributed by atoms with E-state index in [0.29, 0.717) is 31.8 Å². The Hall–Kier alpha value is -0.160. The first kappa shape index (κ1) is 24.9. The van der Waals surface area contributed by atoms with Crippen LogP contribution in [-0.4, -0.2) is 64.2 Å². The smallest absolute Gasteiger partial charge is 0.0701 e. The van der Waals surface area contributed by atoms with Crippen LogP contribution in [-0.2, 0) is 14.2 Å². The maximum atomic E-state index is 5.72. The van der Waals surface area contributed by atoms with E-state index >= 15 is 0 Å². The lowest BCUT2D eigenvalue weighted by Crippen LogP contribution is -2.37. The van der Waals surface area contributed by atoms with Crippen LogP contribution in [0, 0.1) is 17.3 Å². The molecule has 0 saturated carbocycles. The summed E-state index contributed by atoms with van der Waals surface area (Å²) in [6.45, 7) is 19.5. The van der Waals surface area contributed by atoms with Crippen LogP contribution in [0.4, 0.5) is 0 Å². The molecule has 0 atom stereocenters. The summed E-state index contributed by atoms with van der Waals surface area (Å²) in [5.74, 6) is 1.71. The van der Waals surface area contributed by atoms with Crippen LogP contribution in [0.5, 0.6) is 0 Å². The van der Waals surface area contributed by atoms with Crippen molar-refractivity contribution < 1.29 is 14.2 Å². The molecule has 0 aliphatic carbocycles. The number of unbranched alkanes of at least 4 members (excludes halogenated alkanes) is 1. The fourth-order valence-electron chi connectivity index (χ4n) is 3.77. The van der Waals surface area contributed by atoms with Gasteiger partial charge >= 0.3 is 0 Å². The Morgan fingerprint density at radius 1 is 0.815 bits per heavy atom. The second kappa shape index (κ2) is 14.8. The number of likely N-dealkylation sites (tertiary alicyclic amines) is 1. The van der Waals surface area contributed by atoms with Crippen molar-refractivity contribution in [2.24, 2.45) is 17.3 Å². The first-order valence-electron chi connectivity index (χ1n) is 11.3. The summed E-state index contributed by atoms with van der Waals surface area (Å²) in [5.41, 5.74) is 0.467. The van der Waals surface area contributed by atoms with E-state index in [9.17, 15) is 0 Å². The fraction of sp³-hybridized carbons (Fsp3) is 1.00. The molecule has 0 radical (unpaired) electrons. The van der Waals surface area contributed by atoms with Gasteiger partial charge in [-0.1, -0.05) is 47.5 Å². The highest BCUT2D eigenvalue weighted by molar-refractivity contribution is 4.76. The van der Waals surface area contributed by atoms with Crippen molar-refractivity contribution in [1.29, 1.82) is 0 Å². The van der Waals surface area contributed by atoms with Crippen molar-refractivity contribution in [3.05, 3.63) is 0 Å². The van der Waals surface area contributed by atoms with E-state index in [1.54, 1.807) is 0 Å². The zero-order chi connectivity index (χ0) is 20.0. The maximum absolute atomic E-state index is 5.72. The lowest BCUT2D eigenvalue weighted by Gasteiger charge is -2.34. The van der Waals surface area contributed by atoms with Gasteiger partial charge in [0.1, 0.15) is 0 Å². The molecule has 1 aliphatic rings. The van der Waals surface area contributed by atoms with Crippen molar-refractivity contribution in [2.75, 3.05) is 59.3 Å². The number of ether oxygens (including phenoxy) is 3. The van der Waals surface area contributed by atoms with Gasteiger partial charge < -0.3 is 19.1 Å². The molecule has 27 heavy (non-hydrogen) atoms. The molecule has 1 fully saturated rings. The second-order valence-corrected chi connectivity index (χ2v) is 9.78. The van der Waals surface area contributed by atoms with Crippen molar-refractivity contribution in [2.45, 2.75) is 73.1 Å². The van der Waals surface area contributed by atoms with Gasteiger partial charge in [0, 0.05) is 13.2 Å². The Morgan fingerprint density at radius 2 is 1.37 bits per heavy atom. The summed E-state index contributed by atoms with van der Waals surface area (Å²) in [6, 6.07) is 0. The van der Waals surface area contributed by atoms with E-state index in [0.717, 1.165) is 38.0 Å². The Bertz CT molecular complexity index is 333. The Morgan fingerprint density at radius 3 is 1.93 bits per heavy atom. The largest absolute Gasteiger partial charge is 0.379 e. The second-order valence-electron chi connectivity index (χ2n) is 9.78. The molecule has 0 aromatic heterocycles. The molecular formula is C23H47NO3. The van der Waals surface area contributed by atoms with Crippen LogP contribution in [0.15, 0.2) is 0 Å². The van der Waals surface area contributed by atoms with Gasteiger partial charge in [0.15, 0.2) is 0 Å². The highest BCUT2D eigenvalue weighted by Crippen LogP contribution is 2.30. The quantitative estimate of drug-likeness (QED) is 0.371. The third kappa shape index (κ3) is 15.4. The molecule has 1 aliphatic heterocycles. The minimum Gasteiger partial charge on any atom is -0.379 e. The van der Waals surface area contributed by atoms with Crippen LogP contribution in [0.25, 0.3) is 0 Å². The number of rotatable bonds is 15. The molecule has 1 saturated heterocycles. The summed E-state index contributed by atoms with van der Waals surface area (Å²) >= 11 is 0. The average molecular weight is 386 g/mol. The number of hydrogen-bond donors (Lipinski definition) is 0. The summed E-state index contributed by atoms with van der Waals surface area (Å²) in [7, 11) is 0. The molecule has 1 heterocycles. The van der Waals surface area contributed by atoms with Crippen LogP contribution in [0.2, 0.25) is 0 Å². The van der Waals surface area contributed by atoms with Crippen molar-refractivity contribution in [1.82, 2.24) is 4.90 Å². The van der Waals surface area contributed by atoms with Gasteiger partial charge in [-0.2, -0.15) is 0 Å². The number of hydrogen-bond acceptors (Lipinski definition) is 4. The van der Waals surface area contributed by atoms with E-state index in [4.69, 9.17) is 14.2 Å². The van der Waals surface area contributed by atoms with Gasteiger partial charge in [0.25, 0.3) is 0 Å². The Kier molecular flexibility index (Phi) is 13.6. The van der Waals surface area contributed by atoms with Gasteiger partial charge in [-0.05, 0) is 56.0 Å². The van der Waals surface area contributed by atoms with Crippen molar-refractivity contribution in [3.8, 4) is 0 Å². The fourth-order valence-corrected chi connectivity index (χ4v) is 3.77. The zero-order valence-corrected chi connectivity index (χ0v) is 18.9. The van der Waals surface area contributed by atoms with Crippen molar-refractivity contribution in [3.63, 3.8) is 0 Å². The lowest BCUT2D eigenvalue weighted by atomic mass is 9.80. The highest BCUT2D eigenvalue weighted by Gasteiger charge is 2.23. The van der Waals surface area contributed by atoms with Crippen LogP contribution in [0.3, 0.4) is 0 Å². The normalized spacial score (nSPS) is 17.1. The molecule has 1 rings (SSSR count). The third-order valence-corrected chi connectivity index (χ3v) is 5.22. The molecule has 0 amide bonds. The molecule has 0 N–H and O–H groups in total. The number of nitrogens with zero attached hydrogens (tertiary/aromatic N) is 1. The molecule has 0 aromatic carbocycles. The van der Waals surface area contributed by atoms with E-state index in [1.807, 2.05) is 0 Å². The lowest BCUT2D eigenvalue weighted by molar-refractivity contribution is 0.00801. The Balaban J connectivity index is 1.81. The first-order chi connectivity index (χ1) is 12.9. The highest BCUT2D eigenvalue weighted by atomic mass is 16.5.